The fraction of sp³-hybridized carbons (Fsp3) is 0.800. The number of carboxylic acid groups (broad SMARTS) is 1. The minimum atomic E-state index is -1.23. The molecule has 2 N–H and O–H groups in total. The molecule has 0 amide bonds. The molecule has 0 rings (SSSR count). The van der Waals surface area contributed by atoms with E-state index in [0.29, 0.717) is 6.61 Å². The number of ether oxygens (including phenoxy) is 1. The predicted octanol–water partition coefficient (Wildman–Crippen LogP) is -0.292. The van der Waals surface area contributed by atoms with Crippen LogP contribution in [0, 0.1) is 0 Å². The minimum Gasteiger partial charge on any atom is -0.479 e. The zero-order valence-corrected chi connectivity index (χ0v) is 10.6. The van der Waals surface area contributed by atoms with Gasteiger partial charge < -0.3 is 19.4 Å². The number of carboxylic acids is 1. The molecule has 0 saturated heterocycles. The van der Waals surface area contributed by atoms with Crippen molar-refractivity contribution in [3.8, 4) is 0 Å². The van der Waals surface area contributed by atoms with E-state index in [-0.39, 0.29) is 5.97 Å². The molecular formula is C10H22NO5+. The van der Waals surface area contributed by atoms with Crippen LogP contribution in [0.3, 0.4) is 0 Å². The lowest BCUT2D eigenvalue weighted by molar-refractivity contribution is -0.870. The fourth-order valence-electron chi connectivity index (χ4n) is 0.463. The molecule has 0 aromatic carbocycles. The highest BCUT2D eigenvalue weighted by molar-refractivity contribution is 5.71. The molecule has 6 heteroatoms. The van der Waals surface area contributed by atoms with Crippen LogP contribution in [0.25, 0.3) is 0 Å². The Balaban J connectivity index is 0. The van der Waals surface area contributed by atoms with Crippen LogP contribution in [0.2, 0.25) is 0 Å². The Morgan fingerprint density at radius 3 is 1.88 bits per heavy atom. The predicted molar refractivity (Wildman–Crippen MR) is 58.8 cm³/mol. The number of nitrogens with zero attached hydrogens (tertiary/aromatic N) is 1. The standard InChI is InChI=1S/C7H16NO2.C3H6O3/c1-7(9)10-6-5-8(2,3)4;1-2(4)3(5)6/h5-6H2,1-4H3;2,4H,1H3,(H,5,6)/q+1;. The van der Waals surface area contributed by atoms with Gasteiger partial charge in [0.2, 0.25) is 0 Å². The summed E-state index contributed by atoms with van der Waals surface area (Å²) >= 11 is 0. The third-order valence-corrected chi connectivity index (χ3v) is 1.42. The fourth-order valence-corrected chi connectivity index (χ4v) is 0.463. The lowest BCUT2D eigenvalue weighted by Crippen LogP contribution is -2.37. The summed E-state index contributed by atoms with van der Waals surface area (Å²) in [7, 11) is 6.18. The Kier molecular flexibility index (Phi) is 8.70. The van der Waals surface area contributed by atoms with E-state index in [1.165, 1.54) is 13.8 Å². The largest absolute Gasteiger partial charge is 0.479 e. The van der Waals surface area contributed by atoms with E-state index < -0.39 is 12.1 Å². The highest BCUT2D eigenvalue weighted by Gasteiger charge is 2.06. The van der Waals surface area contributed by atoms with Crippen molar-refractivity contribution in [2.24, 2.45) is 0 Å². The number of aliphatic hydroxyl groups is 1. The Labute approximate surface area is 96.0 Å². The van der Waals surface area contributed by atoms with Crippen molar-refractivity contribution in [2.75, 3.05) is 34.3 Å². The molecule has 0 radical (unpaired) electrons. The van der Waals surface area contributed by atoms with Crippen molar-refractivity contribution in [3.63, 3.8) is 0 Å². The lowest BCUT2D eigenvalue weighted by atomic mass is 10.4. The van der Waals surface area contributed by atoms with Gasteiger partial charge in [0, 0.05) is 6.92 Å². The molecule has 0 spiro atoms. The van der Waals surface area contributed by atoms with E-state index in [9.17, 15) is 9.59 Å². The molecule has 0 aliphatic rings. The van der Waals surface area contributed by atoms with Gasteiger partial charge >= 0.3 is 11.9 Å². The first kappa shape index (κ1) is 17.3. The second kappa shape index (κ2) is 8.06. The van der Waals surface area contributed by atoms with Crippen molar-refractivity contribution < 1.29 is 29.0 Å². The van der Waals surface area contributed by atoms with E-state index in [2.05, 4.69) is 21.1 Å². The van der Waals surface area contributed by atoms with Crippen LogP contribution in [0.1, 0.15) is 13.8 Å². The summed E-state index contributed by atoms with van der Waals surface area (Å²) in [4.78, 5) is 19.7. The maximum Gasteiger partial charge on any atom is 0.332 e. The maximum absolute atomic E-state index is 10.3. The van der Waals surface area contributed by atoms with Gasteiger partial charge in [-0.3, -0.25) is 4.79 Å². The van der Waals surface area contributed by atoms with Gasteiger partial charge in [0.1, 0.15) is 19.3 Å². The van der Waals surface area contributed by atoms with Crippen molar-refractivity contribution in [1.29, 1.82) is 0 Å². The molecule has 16 heavy (non-hydrogen) atoms. The van der Waals surface area contributed by atoms with Crippen LogP contribution in [-0.2, 0) is 14.3 Å². The number of hydrogen-bond acceptors (Lipinski definition) is 4. The SMILES string of the molecule is CC(=O)OCC[N+](C)(C)C.CC(O)C(=O)O. The van der Waals surface area contributed by atoms with Gasteiger partial charge in [-0.15, -0.1) is 0 Å². The molecule has 0 heterocycles. The Morgan fingerprint density at radius 1 is 1.31 bits per heavy atom. The van der Waals surface area contributed by atoms with Gasteiger partial charge in [-0.05, 0) is 6.92 Å². The highest BCUT2D eigenvalue weighted by Crippen LogP contribution is 1.89. The molecule has 0 fully saturated rings. The highest BCUT2D eigenvalue weighted by atomic mass is 16.5. The second-order valence-corrected chi connectivity index (χ2v) is 4.37. The topological polar surface area (TPSA) is 83.8 Å². The second-order valence-electron chi connectivity index (χ2n) is 4.37. The average Bonchev–Trinajstić information content (AvgIpc) is 2.01. The average molecular weight is 236 g/mol. The number of carbonyl (C=O) groups is 2. The van der Waals surface area contributed by atoms with Crippen LogP contribution >= 0.6 is 0 Å². The van der Waals surface area contributed by atoms with Gasteiger partial charge in [0.05, 0.1) is 21.1 Å². The van der Waals surface area contributed by atoms with Crippen molar-refractivity contribution in [2.45, 2.75) is 20.0 Å². The van der Waals surface area contributed by atoms with E-state index in [1.807, 2.05) is 0 Å². The molecule has 0 aliphatic heterocycles. The van der Waals surface area contributed by atoms with Crippen LogP contribution in [0.4, 0.5) is 0 Å². The number of hydrogen-bond donors (Lipinski definition) is 2. The first-order valence-corrected chi connectivity index (χ1v) is 4.91. The first-order chi connectivity index (χ1) is 7.06. The quantitative estimate of drug-likeness (QED) is 0.517. The summed E-state index contributed by atoms with van der Waals surface area (Å²) in [5.41, 5.74) is 0. The van der Waals surface area contributed by atoms with Gasteiger partial charge in [0.25, 0.3) is 0 Å². The number of aliphatic carboxylic acids is 1. The zero-order chi connectivity index (χ0) is 13.4. The van der Waals surface area contributed by atoms with E-state index in [4.69, 9.17) is 14.9 Å². The Bertz CT molecular complexity index is 220. The van der Waals surface area contributed by atoms with Crippen LogP contribution in [-0.4, -0.2) is 67.0 Å². The first-order valence-electron chi connectivity index (χ1n) is 4.91. The van der Waals surface area contributed by atoms with Gasteiger partial charge in [-0.2, -0.15) is 0 Å². The number of carbonyl (C=O) groups excluding carboxylic acids is 1. The van der Waals surface area contributed by atoms with E-state index in [0.717, 1.165) is 11.0 Å². The van der Waals surface area contributed by atoms with Crippen LogP contribution in [0.5, 0.6) is 0 Å². The Morgan fingerprint density at radius 2 is 1.69 bits per heavy atom. The Hall–Kier alpha value is -1.14. The molecule has 0 aliphatic carbocycles. The summed E-state index contributed by atoms with van der Waals surface area (Å²) in [6.07, 6.45) is -1.23. The minimum absolute atomic E-state index is 0.201. The van der Waals surface area contributed by atoms with Gasteiger partial charge in [0.15, 0.2) is 0 Å². The monoisotopic (exact) mass is 236 g/mol. The summed E-state index contributed by atoms with van der Waals surface area (Å²) in [6.45, 7) is 4.00. The van der Waals surface area contributed by atoms with Gasteiger partial charge in [-0.25, -0.2) is 4.79 Å². The van der Waals surface area contributed by atoms with Crippen LogP contribution < -0.4 is 0 Å². The number of quaternary nitrogens is 1. The molecule has 0 aromatic rings. The van der Waals surface area contributed by atoms with Crippen LogP contribution in [0.15, 0.2) is 0 Å². The van der Waals surface area contributed by atoms with E-state index in [1.54, 1.807) is 0 Å². The summed E-state index contributed by atoms with van der Waals surface area (Å²) in [6, 6.07) is 0. The zero-order valence-electron chi connectivity index (χ0n) is 10.6. The number of likely N-dealkylation sites (N-methyl/N-ethyl adjacent to an activating group) is 1. The maximum atomic E-state index is 10.3. The molecule has 1 atom stereocenters. The normalized spacial score (nSPS) is 12.1. The van der Waals surface area contributed by atoms with Crippen molar-refractivity contribution in [1.82, 2.24) is 0 Å². The molecule has 0 bridgehead atoms. The third kappa shape index (κ3) is 18.6. The smallest absolute Gasteiger partial charge is 0.332 e. The van der Waals surface area contributed by atoms with Crippen molar-refractivity contribution in [3.05, 3.63) is 0 Å². The molecule has 6 nitrogen and oxygen atoms in total. The van der Waals surface area contributed by atoms with E-state index >= 15 is 0 Å². The molecule has 0 saturated carbocycles. The van der Waals surface area contributed by atoms with Gasteiger partial charge in [-0.1, -0.05) is 0 Å². The third-order valence-electron chi connectivity index (χ3n) is 1.42. The summed E-state index contributed by atoms with van der Waals surface area (Å²) in [5.74, 6) is -1.39. The number of esters is 1. The molecular weight excluding hydrogens is 214 g/mol. The molecule has 1 unspecified atom stereocenters. The summed E-state index contributed by atoms with van der Waals surface area (Å²) < 4.78 is 5.59. The molecule has 96 valence electrons. The van der Waals surface area contributed by atoms with Crippen molar-refractivity contribution >= 4 is 11.9 Å². The lowest BCUT2D eigenvalue weighted by Gasteiger charge is -2.23. The number of rotatable bonds is 4. The molecule has 0 aromatic heterocycles. The summed E-state index contributed by atoms with van der Waals surface area (Å²) in [5, 5.41) is 15.8. The number of aliphatic hydroxyl groups excluding tert-OH is 1.